The highest BCUT2D eigenvalue weighted by Crippen LogP contribution is 2.05. The summed E-state index contributed by atoms with van der Waals surface area (Å²) in [5.74, 6) is -7.26. The molecule has 3 amide bonds. The molecule has 13 nitrogen and oxygen atoms in total. The third kappa shape index (κ3) is 10.9. The molecular weight excluding hydrogens is 484 g/mol. The number of rotatable bonds is 15. The van der Waals surface area contributed by atoms with Gasteiger partial charge in [-0.3, -0.25) is 24.0 Å². The van der Waals surface area contributed by atoms with Crippen LogP contribution in [0.25, 0.3) is 0 Å². The summed E-state index contributed by atoms with van der Waals surface area (Å²) in [5.41, 5.74) is 6.68. The number of amides is 3. The number of hydrogen-bond acceptors (Lipinski definition) is 8. The van der Waals surface area contributed by atoms with E-state index in [0.29, 0.717) is 0 Å². The minimum atomic E-state index is -1.75. The quantitative estimate of drug-likeness (QED) is 0.125. The number of thiol groups is 1. The van der Waals surface area contributed by atoms with Crippen LogP contribution in [0.5, 0.6) is 0 Å². The van der Waals surface area contributed by atoms with Crippen LogP contribution in [0, 0.1) is 0 Å². The van der Waals surface area contributed by atoms with Gasteiger partial charge in [0, 0.05) is 12.2 Å². The van der Waals surface area contributed by atoms with Crippen LogP contribution in [-0.4, -0.2) is 80.9 Å². The lowest BCUT2D eigenvalue weighted by atomic mass is 10.0. The van der Waals surface area contributed by atoms with E-state index in [9.17, 15) is 28.8 Å². The number of aliphatic carboxylic acids is 3. The lowest BCUT2D eigenvalue weighted by Crippen LogP contribution is -2.58. The topological polar surface area (TPSA) is 225 Å². The van der Waals surface area contributed by atoms with Crippen molar-refractivity contribution in [1.82, 2.24) is 16.0 Å². The second kappa shape index (κ2) is 14.6. The van der Waals surface area contributed by atoms with Gasteiger partial charge in [-0.05, 0) is 18.4 Å². The summed E-state index contributed by atoms with van der Waals surface area (Å²) in [6.45, 7) is 0. The summed E-state index contributed by atoms with van der Waals surface area (Å²) in [6, 6.07) is 3.25. The molecule has 0 spiro atoms. The van der Waals surface area contributed by atoms with Gasteiger partial charge in [0.1, 0.15) is 18.1 Å². The second-order valence-electron chi connectivity index (χ2n) is 7.53. The summed E-state index contributed by atoms with van der Waals surface area (Å²) in [7, 11) is 0. The van der Waals surface area contributed by atoms with E-state index in [-0.39, 0.29) is 18.6 Å². The van der Waals surface area contributed by atoms with Crippen molar-refractivity contribution < 1.29 is 44.1 Å². The van der Waals surface area contributed by atoms with E-state index < -0.39 is 72.6 Å². The van der Waals surface area contributed by atoms with Crippen LogP contribution in [0.3, 0.4) is 0 Å². The van der Waals surface area contributed by atoms with Crippen LogP contribution in [-0.2, 0) is 35.2 Å². The number of nitrogens with two attached hydrogens (primary N) is 1. The second-order valence-corrected chi connectivity index (χ2v) is 7.90. The molecule has 0 aromatic heterocycles. The fourth-order valence-electron chi connectivity index (χ4n) is 2.89. The molecule has 192 valence electrons. The lowest BCUT2D eigenvalue weighted by molar-refractivity contribution is -0.147. The van der Waals surface area contributed by atoms with Crippen molar-refractivity contribution in [3.63, 3.8) is 0 Å². The van der Waals surface area contributed by atoms with Crippen LogP contribution >= 0.6 is 12.6 Å². The fourth-order valence-corrected chi connectivity index (χ4v) is 3.15. The van der Waals surface area contributed by atoms with Crippen LogP contribution in [0.1, 0.15) is 24.8 Å². The molecule has 35 heavy (non-hydrogen) atoms. The summed E-state index contributed by atoms with van der Waals surface area (Å²) in [6.07, 6.45) is -1.54. The van der Waals surface area contributed by atoms with Gasteiger partial charge in [-0.15, -0.1) is 0 Å². The molecule has 4 unspecified atom stereocenters. The van der Waals surface area contributed by atoms with Gasteiger partial charge in [-0.2, -0.15) is 12.6 Å². The molecule has 0 saturated heterocycles. The van der Waals surface area contributed by atoms with Gasteiger partial charge in [0.25, 0.3) is 0 Å². The Hall–Kier alpha value is -3.65. The van der Waals surface area contributed by atoms with E-state index in [1.54, 1.807) is 30.3 Å². The Morgan fingerprint density at radius 2 is 1.34 bits per heavy atom. The third-order valence-electron chi connectivity index (χ3n) is 4.72. The highest BCUT2D eigenvalue weighted by molar-refractivity contribution is 7.80. The fraction of sp³-hybridized carbons (Fsp3) is 0.429. The molecule has 4 atom stereocenters. The monoisotopic (exact) mass is 512 g/mol. The molecule has 0 aliphatic heterocycles. The number of carbonyl (C=O) groups excluding carboxylic acids is 3. The van der Waals surface area contributed by atoms with Crippen LogP contribution in [0.4, 0.5) is 0 Å². The highest BCUT2D eigenvalue weighted by atomic mass is 32.1. The maximum Gasteiger partial charge on any atom is 0.326 e. The standard InChI is InChI=1S/C21H28N4O9S/c22-12(8-11-4-2-1-3-5-11)18(30)23-13(6-7-16(26)27)19(31)25-15(10-35)20(32)24-14(21(33)34)9-17(28)29/h1-5,12-15,35H,6-10,22H2,(H,23,30)(H,24,32)(H,25,31)(H,26,27)(H,28,29)(H,33,34). The molecule has 0 bridgehead atoms. The molecular formula is C21H28N4O9S. The number of carboxylic acid groups (broad SMARTS) is 3. The number of hydrogen-bond donors (Lipinski definition) is 8. The largest absolute Gasteiger partial charge is 0.481 e. The molecule has 0 heterocycles. The zero-order chi connectivity index (χ0) is 26.5. The minimum absolute atomic E-state index is 0.155. The van der Waals surface area contributed by atoms with E-state index in [0.717, 1.165) is 5.56 Å². The van der Waals surface area contributed by atoms with Crippen molar-refractivity contribution >= 4 is 48.3 Å². The molecule has 0 aliphatic carbocycles. The summed E-state index contributed by atoms with van der Waals surface area (Å²) < 4.78 is 0. The number of carboxylic acids is 3. The molecule has 8 N–H and O–H groups in total. The van der Waals surface area contributed by atoms with Gasteiger partial charge in [0.05, 0.1) is 12.5 Å². The molecule has 1 rings (SSSR count). The van der Waals surface area contributed by atoms with E-state index in [1.807, 2.05) is 5.32 Å². The Balaban J connectivity index is 2.88. The zero-order valence-corrected chi connectivity index (χ0v) is 19.4. The smallest absolute Gasteiger partial charge is 0.326 e. The Labute approximate surface area is 205 Å². The minimum Gasteiger partial charge on any atom is -0.481 e. The Bertz CT molecular complexity index is 929. The van der Waals surface area contributed by atoms with Gasteiger partial charge >= 0.3 is 17.9 Å². The van der Waals surface area contributed by atoms with Gasteiger partial charge in [0.2, 0.25) is 17.7 Å². The first-order chi connectivity index (χ1) is 16.4. The highest BCUT2D eigenvalue weighted by Gasteiger charge is 2.30. The third-order valence-corrected chi connectivity index (χ3v) is 5.09. The van der Waals surface area contributed by atoms with Crippen LogP contribution < -0.4 is 21.7 Å². The van der Waals surface area contributed by atoms with Crippen molar-refractivity contribution in [3.05, 3.63) is 35.9 Å². The molecule has 0 fully saturated rings. The molecule has 1 aromatic rings. The van der Waals surface area contributed by atoms with E-state index in [2.05, 4.69) is 23.3 Å². The van der Waals surface area contributed by atoms with E-state index in [4.69, 9.17) is 21.1 Å². The summed E-state index contributed by atoms with van der Waals surface area (Å²) in [4.78, 5) is 70.7. The Kier molecular flexibility index (Phi) is 12.2. The zero-order valence-electron chi connectivity index (χ0n) is 18.5. The first kappa shape index (κ1) is 29.4. The molecule has 0 aliphatic rings. The number of benzene rings is 1. The first-order valence-corrected chi connectivity index (χ1v) is 11.1. The predicted octanol–water partition coefficient (Wildman–Crippen LogP) is -1.64. The average molecular weight is 513 g/mol. The number of nitrogens with one attached hydrogen (secondary N) is 3. The van der Waals surface area contributed by atoms with Crippen molar-refractivity contribution in [2.75, 3.05) is 5.75 Å². The van der Waals surface area contributed by atoms with Crippen molar-refractivity contribution in [2.24, 2.45) is 5.73 Å². The van der Waals surface area contributed by atoms with Crippen LogP contribution in [0.2, 0.25) is 0 Å². The van der Waals surface area contributed by atoms with Crippen molar-refractivity contribution in [3.8, 4) is 0 Å². The molecule has 0 saturated carbocycles. The Morgan fingerprint density at radius 1 is 0.800 bits per heavy atom. The normalized spacial score (nSPS) is 14.0. The SMILES string of the molecule is NC(Cc1ccccc1)C(=O)NC(CCC(=O)O)C(=O)NC(CS)C(=O)NC(CC(=O)O)C(=O)O. The van der Waals surface area contributed by atoms with Crippen LogP contribution in [0.15, 0.2) is 30.3 Å². The number of carbonyl (C=O) groups is 6. The Morgan fingerprint density at radius 3 is 1.86 bits per heavy atom. The van der Waals surface area contributed by atoms with Gasteiger partial charge in [0.15, 0.2) is 0 Å². The van der Waals surface area contributed by atoms with Gasteiger partial charge < -0.3 is 37.0 Å². The molecule has 14 heteroatoms. The van der Waals surface area contributed by atoms with Crippen molar-refractivity contribution in [1.29, 1.82) is 0 Å². The summed E-state index contributed by atoms with van der Waals surface area (Å²) >= 11 is 3.94. The van der Waals surface area contributed by atoms with E-state index >= 15 is 0 Å². The van der Waals surface area contributed by atoms with Gasteiger partial charge in [-0.1, -0.05) is 30.3 Å². The molecule has 1 aromatic carbocycles. The summed E-state index contributed by atoms with van der Waals surface area (Å²) in [5, 5.41) is 33.5. The predicted molar refractivity (Wildman–Crippen MR) is 125 cm³/mol. The van der Waals surface area contributed by atoms with Crippen molar-refractivity contribution in [2.45, 2.75) is 49.9 Å². The first-order valence-electron chi connectivity index (χ1n) is 10.4. The lowest BCUT2D eigenvalue weighted by Gasteiger charge is -2.24. The maximum atomic E-state index is 12.8. The average Bonchev–Trinajstić information content (AvgIpc) is 2.79. The maximum absolute atomic E-state index is 12.8. The van der Waals surface area contributed by atoms with E-state index in [1.165, 1.54) is 0 Å². The van der Waals surface area contributed by atoms with Gasteiger partial charge in [-0.25, -0.2) is 4.79 Å². The molecule has 0 radical (unpaired) electrons.